The van der Waals surface area contributed by atoms with Crippen molar-refractivity contribution in [3.05, 3.63) is 18.0 Å². The molecule has 2 N–H and O–H groups in total. The molecule has 9 heteroatoms. The van der Waals surface area contributed by atoms with Gasteiger partial charge in [0.1, 0.15) is 0 Å². The summed E-state index contributed by atoms with van der Waals surface area (Å²) in [6.07, 6.45) is -4.14. The summed E-state index contributed by atoms with van der Waals surface area (Å²) in [6, 6.07) is 1.47. The largest absolute Gasteiger partial charge is 0.390 e. The van der Waals surface area contributed by atoms with Crippen molar-refractivity contribution in [3.8, 4) is 0 Å². The standard InChI is InChI=1S/C12H20F3N3O2S/c1-3-16-8-10-7-11(9-18(10)4-2)21(19,20)17-6-5-12(13,14)15/h7,9,16-17H,3-6,8H2,1-2H3. The van der Waals surface area contributed by atoms with Crippen molar-refractivity contribution in [2.45, 2.75) is 44.4 Å². The maximum atomic E-state index is 12.0. The average molecular weight is 327 g/mol. The number of rotatable bonds is 8. The lowest BCUT2D eigenvalue weighted by Crippen LogP contribution is -2.27. The lowest BCUT2D eigenvalue weighted by molar-refractivity contribution is -0.132. The Bertz CT molecular complexity index is 553. The van der Waals surface area contributed by atoms with Gasteiger partial charge >= 0.3 is 6.18 Å². The van der Waals surface area contributed by atoms with Crippen molar-refractivity contribution < 1.29 is 21.6 Å². The van der Waals surface area contributed by atoms with Crippen LogP contribution in [0.2, 0.25) is 0 Å². The SMILES string of the molecule is CCNCc1cc(S(=O)(=O)NCCC(F)(F)F)cn1CC. The molecule has 0 radical (unpaired) electrons. The molecule has 0 aromatic carbocycles. The third-order valence-electron chi connectivity index (χ3n) is 2.87. The van der Waals surface area contributed by atoms with E-state index in [2.05, 4.69) is 5.32 Å². The number of alkyl halides is 3. The molecule has 1 heterocycles. The minimum Gasteiger partial charge on any atom is -0.349 e. The molecule has 0 fully saturated rings. The van der Waals surface area contributed by atoms with E-state index >= 15 is 0 Å². The summed E-state index contributed by atoms with van der Waals surface area (Å²) < 4.78 is 63.8. The first kappa shape index (κ1) is 18.0. The first-order chi connectivity index (χ1) is 9.69. The summed E-state index contributed by atoms with van der Waals surface area (Å²) in [5, 5.41) is 3.08. The van der Waals surface area contributed by atoms with E-state index in [0.717, 1.165) is 12.2 Å². The van der Waals surface area contributed by atoms with E-state index in [0.29, 0.717) is 13.1 Å². The number of nitrogens with one attached hydrogen (secondary N) is 2. The minimum absolute atomic E-state index is 0.0144. The Morgan fingerprint density at radius 1 is 1.29 bits per heavy atom. The Hall–Kier alpha value is -1.06. The smallest absolute Gasteiger partial charge is 0.349 e. The van der Waals surface area contributed by atoms with Gasteiger partial charge < -0.3 is 9.88 Å². The molecule has 0 aliphatic heterocycles. The zero-order valence-electron chi connectivity index (χ0n) is 12.0. The summed E-state index contributed by atoms with van der Waals surface area (Å²) in [5.41, 5.74) is 0.774. The number of halogens is 3. The number of hydrogen-bond acceptors (Lipinski definition) is 3. The van der Waals surface area contributed by atoms with E-state index < -0.39 is 29.2 Å². The van der Waals surface area contributed by atoms with Gasteiger partial charge in [0.2, 0.25) is 10.0 Å². The zero-order valence-corrected chi connectivity index (χ0v) is 12.8. The van der Waals surface area contributed by atoms with Crippen LogP contribution in [-0.2, 0) is 23.1 Å². The van der Waals surface area contributed by atoms with Gasteiger partial charge in [-0.05, 0) is 19.5 Å². The molecule has 0 unspecified atom stereocenters. The van der Waals surface area contributed by atoms with Gasteiger partial charge in [-0.1, -0.05) is 6.92 Å². The molecule has 1 aromatic rings. The van der Waals surface area contributed by atoms with Crippen LogP contribution in [0.25, 0.3) is 0 Å². The summed E-state index contributed by atoms with van der Waals surface area (Å²) in [4.78, 5) is -0.0144. The van der Waals surface area contributed by atoms with Gasteiger partial charge in [-0.2, -0.15) is 13.2 Å². The van der Waals surface area contributed by atoms with E-state index in [9.17, 15) is 21.6 Å². The highest BCUT2D eigenvalue weighted by molar-refractivity contribution is 7.89. The number of nitrogens with zero attached hydrogens (tertiary/aromatic N) is 1. The maximum Gasteiger partial charge on any atom is 0.390 e. The van der Waals surface area contributed by atoms with Crippen molar-refractivity contribution in [2.24, 2.45) is 0 Å². The zero-order chi connectivity index (χ0) is 16.1. The quantitative estimate of drug-likeness (QED) is 0.766. The minimum atomic E-state index is -4.38. The molecular weight excluding hydrogens is 307 g/mol. The molecule has 0 aliphatic carbocycles. The summed E-state index contributed by atoms with van der Waals surface area (Å²) in [5.74, 6) is 0. The summed E-state index contributed by atoms with van der Waals surface area (Å²) in [7, 11) is -3.92. The fourth-order valence-corrected chi connectivity index (χ4v) is 2.87. The predicted octanol–water partition coefficient (Wildman–Crippen LogP) is 1.85. The van der Waals surface area contributed by atoms with Crippen LogP contribution in [-0.4, -0.2) is 32.3 Å². The Kier molecular flexibility index (Phi) is 6.24. The van der Waals surface area contributed by atoms with Crippen LogP contribution in [0.3, 0.4) is 0 Å². The molecule has 0 amide bonds. The van der Waals surface area contributed by atoms with Crippen LogP contribution in [0, 0.1) is 0 Å². The topological polar surface area (TPSA) is 63.1 Å². The number of aromatic nitrogens is 1. The van der Waals surface area contributed by atoms with Crippen molar-refractivity contribution in [2.75, 3.05) is 13.1 Å². The van der Waals surface area contributed by atoms with Gasteiger partial charge in [-0.15, -0.1) is 0 Å². The van der Waals surface area contributed by atoms with Crippen LogP contribution in [0.15, 0.2) is 17.2 Å². The molecule has 0 saturated heterocycles. The van der Waals surface area contributed by atoms with Crippen molar-refractivity contribution in [1.29, 1.82) is 0 Å². The summed E-state index contributed by atoms with van der Waals surface area (Å²) >= 11 is 0. The third kappa shape index (κ3) is 5.68. The van der Waals surface area contributed by atoms with Gasteiger partial charge in [-0.25, -0.2) is 13.1 Å². The molecule has 122 valence electrons. The normalized spacial score (nSPS) is 12.8. The molecule has 0 saturated carbocycles. The molecule has 1 rings (SSSR count). The molecular formula is C12H20F3N3O2S. The van der Waals surface area contributed by atoms with Crippen LogP contribution < -0.4 is 10.0 Å². The van der Waals surface area contributed by atoms with Crippen molar-refractivity contribution in [3.63, 3.8) is 0 Å². The van der Waals surface area contributed by atoms with E-state index in [4.69, 9.17) is 0 Å². The molecule has 0 atom stereocenters. The molecule has 5 nitrogen and oxygen atoms in total. The number of sulfonamides is 1. The summed E-state index contributed by atoms with van der Waals surface area (Å²) in [6.45, 7) is 4.95. The van der Waals surface area contributed by atoms with E-state index in [1.54, 1.807) is 4.57 Å². The highest BCUT2D eigenvalue weighted by Gasteiger charge is 2.28. The monoisotopic (exact) mass is 327 g/mol. The number of hydrogen-bond donors (Lipinski definition) is 2. The van der Waals surface area contributed by atoms with Crippen molar-refractivity contribution >= 4 is 10.0 Å². The Morgan fingerprint density at radius 2 is 1.95 bits per heavy atom. The highest BCUT2D eigenvalue weighted by Crippen LogP contribution is 2.19. The molecule has 0 spiro atoms. The van der Waals surface area contributed by atoms with Crippen molar-refractivity contribution in [1.82, 2.24) is 14.6 Å². The number of aryl methyl sites for hydroxylation is 1. The first-order valence-electron chi connectivity index (χ1n) is 6.65. The van der Waals surface area contributed by atoms with Gasteiger partial charge in [0.25, 0.3) is 0 Å². The Morgan fingerprint density at radius 3 is 2.48 bits per heavy atom. The van der Waals surface area contributed by atoms with Crippen LogP contribution in [0.5, 0.6) is 0 Å². The molecule has 0 bridgehead atoms. The third-order valence-corrected chi connectivity index (χ3v) is 4.30. The maximum absolute atomic E-state index is 12.0. The lowest BCUT2D eigenvalue weighted by atomic mass is 10.4. The second-order valence-electron chi connectivity index (χ2n) is 4.50. The molecule has 21 heavy (non-hydrogen) atoms. The first-order valence-corrected chi connectivity index (χ1v) is 8.14. The fourth-order valence-electron chi connectivity index (χ4n) is 1.78. The van der Waals surface area contributed by atoms with E-state index in [1.807, 2.05) is 18.6 Å². The predicted molar refractivity (Wildman–Crippen MR) is 73.3 cm³/mol. The van der Waals surface area contributed by atoms with Crippen LogP contribution in [0.4, 0.5) is 13.2 Å². The second kappa shape index (κ2) is 7.28. The van der Waals surface area contributed by atoms with E-state index in [1.165, 1.54) is 12.3 Å². The average Bonchev–Trinajstić information content (AvgIpc) is 2.78. The highest BCUT2D eigenvalue weighted by atomic mass is 32.2. The lowest BCUT2D eigenvalue weighted by Gasteiger charge is -2.07. The van der Waals surface area contributed by atoms with E-state index in [-0.39, 0.29) is 4.90 Å². The van der Waals surface area contributed by atoms with Gasteiger partial charge in [-0.3, -0.25) is 0 Å². The van der Waals surface area contributed by atoms with Crippen LogP contribution >= 0.6 is 0 Å². The molecule has 0 aliphatic rings. The van der Waals surface area contributed by atoms with Gasteiger partial charge in [0, 0.05) is 31.5 Å². The van der Waals surface area contributed by atoms with Crippen LogP contribution in [0.1, 0.15) is 26.0 Å². The molecule has 1 aromatic heterocycles. The Labute approximate surface area is 122 Å². The Balaban J connectivity index is 2.80. The van der Waals surface area contributed by atoms with Gasteiger partial charge in [0.05, 0.1) is 11.3 Å². The van der Waals surface area contributed by atoms with Gasteiger partial charge in [0.15, 0.2) is 0 Å². The fraction of sp³-hybridized carbons (Fsp3) is 0.667. The second-order valence-corrected chi connectivity index (χ2v) is 6.26.